The van der Waals surface area contributed by atoms with Crippen molar-refractivity contribution in [3.63, 3.8) is 0 Å². The molecule has 0 bridgehead atoms. The lowest BCUT2D eigenvalue weighted by molar-refractivity contribution is -0.384. The van der Waals surface area contributed by atoms with Crippen molar-refractivity contribution in [1.82, 2.24) is 9.78 Å². The number of imide groups is 2. The molecule has 4 heterocycles. The van der Waals surface area contributed by atoms with E-state index in [4.69, 9.17) is 21.4 Å². The number of allylic oxidation sites excluding steroid dienone is 2. The second kappa shape index (κ2) is 13.1. The lowest BCUT2D eigenvalue weighted by atomic mass is 9.51. The summed E-state index contributed by atoms with van der Waals surface area (Å²) in [6.07, 6.45) is 2.23. The average Bonchev–Trinajstić information content (AvgIpc) is 3.86. The van der Waals surface area contributed by atoms with Crippen LogP contribution in [0.1, 0.15) is 43.7 Å². The minimum Gasteiger partial charge on any atom is -0.504 e. The molecule has 2 aliphatic heterocycles. The van der Waals surface area contributed by atoms with Gasteiger partial charge in [-0.15, -0.1) is 11.3 Å². The quantitative estimate of drug-likeness (QED) is 0.0751. The number of aromatic hydroxyl groups is 1. The number of hydrogen-bond donors (Lipinski definition) is 1. The second-order valence-corrected chi connectivity index (χ2v) is 16.8. The number of aromatic nitrogens is 2. The maximum atomic E-state index is 15.2. The Labute approximate surface area is 335 Å². The van der Waals surface area contributed by atoms with Gasteiger partial charge in [0.25, 0.3) is 5.69 Å². The van der Waals surface area contributed by atoms with Crippen molar-refractivity contribution in [2.45, 2.75) is 39.5 Å². The molecular formula is C42H36ClN5O8S. The highest BCUT2D eigenvalue weighted by Gasteiger charge is 2.68. The number of aryl methyl sites for hydroxylation is 2. The van der Waals surface area contributed by atoms with Crippen LogP contribution in [-0.2, 0) is 26.2 Å². The number of nitrogens with zero attached hydrogens (tertiary/aromatic N) is 5. The molecule has 0 unspecified atom stereocenters. The fourth-order valence-electron chi connectivity index (χ4n) is 9.81. The van der Waals surface area contributed by atoms with Crippen molar-refractivity contribution in [2.24, 2.45) is 36.1 Å². The van der Waals surface area contributed by atoms with Crippen LogP contribution >= 0.6 is 22.9 Å². The van der Waals surface area contributed by atoms with E-state index >= 15 is 4.79 Å². The lowest BCUT2D eigenvalue weighted by Gasteiger charge is -2.49. The third kappa shape index (κ3) is 5.29. The summed E-state index contributed by atoms with van der Waals surface area (Å²) < 4.78 is 8.32. The van der Waals surface area contributed by atoms with Gasteiger partial charge in [-0.2, -0.15) is 5.10 Å². The van der Waals surface area contributed by atoms with Crippen molar-refractivity contribution in [2.75, 3.05) is 16.4 Å². The Balaban J connectivity index is 1.16. The number of anilines is 2. The van der Waals surface area contributed by atoms with Crippen LogP contribution in [0.25, 0.3) is 20.7 Å². The van der Waals surface area contributed by atoms with Crippen molar-refractivity contribution in [3.05, 3.63) is 105 Å². The summed E-state index contributed by atoms with van der Waals surface area (Å²) >= 11 is 7.85. The molecular weight excluding hydrogens is 770 g/mol. The SMILES string of the molecule is CCOc1cc([C@H]2C3=CC[C@@H]4C(=O)N(c5cccc([N+](=O)[O-])c5)C(=O)[C@@H]4[C@@H]3C[C@H]3C(=O)N(c4cc(-c5sc6ccc(Cl)cc6c5C)nn4C)C(=O)[C@@]23C)ccc1O. The van der Waals surface area contributed by atoms with Crippen LogP contribution in [0.15, 0.2) is 78.4 Å². The van der Waals surface area contributed by atoms with Gasteiger partial charge in [0.05, 0.1) is 45.3 Å². The number of carbonyl (C=O) groups is 4. The molecule has 2 saturated heterocycles. The molecule has 9 rings (SSSR count). The summed E-state index contributed by atoms with van der Waals surface area (Å²) in [7, 11) is 1.69. The number of ether oxygens (including phenoxy) is 1. The molecule has 2 aromatic heterocycles. The Morgan fingerprint density at radius 3 is 2.56 bits per heavy atom. The van der Waals surface area contributed by atoms with E-state index in [9.17, 15) is 29.6 Å². The number of benzene rings is 3. The monoisotopic (exact) mass is 805 g/mol. The number of nitro benzene ring substituents is 1. The normalized spacial score (nSPS) is 25.5. The number of rotatable bonds is 7. The van der Waals surface area contributed by atoms with Gasteiger partial charge in [-0.25, -0.2) is 9.80 Å². The van der Waals surface area contributed by atoms with Gasteiger partial charge in [-0.3, -0.25) is 34.0 Å². The highest BCUT2D eigenvalue weighted by Crippen LogP contribution is 2.64. The number of non-ortho nitro benzene ring substituents is 1. The third-order valence-electron chi connectivity index (χ3n) is 12.4. The molecule has 2 aliphatic carbocycles. The van der Waals surface area contributed by atoms with Crippen LogP contribution in [0, 0.1) is 46.1 Å². The van der Waals surface area contributed by atoms with Gasteiger partial charge in [-0.05, 0) is 92.4 Å². The Morgan fingerprint density at radius 2 is 1.81 bits per heavy atom. The fraction of sp³-hybridized carbons (Fsp3) is 0.310. The first-order valence-corrected chi connectivity index (χ1v) is 19.8. The lowest BCUT2D eigenvalue weighted by Crippen LogP contribution is -2.49. The van der Waals surface area contributed by atoms with Crippen molar-refractivity contribution in [1.29, 1.82) is 0 Å². The fourth-order valence-corrected chi connectivity index (χ4v) is 11.1. The number of hydrogen-bond acceptors (Lipinski definition) is 10. The van der Waals surface area contributed by atoms with Crippen LogP contribution in [0.4, 0.5) is 17.2 Å². The Morgan fingerprint density at radius 1 is 1.02 bits per heavy atom. The summed E-state index contributed by atoms with van der Waals surface area (Å²) in [5, 5.41) is 28.7. The predicted molar refractivity (Wildman–Crippen MR) is 213 cm³/mol. The van der Waals surface area contributed by atoms with E-state index < -0.39 is 63.6 Å². The zero-order chi connectivity index (χ0) is 40.2. The predicted octanol–water partition coefficient (Wildman–Crippen LogP) is 7.71. The molecule has 1 saturated carbocycles. The van der Waals surface area contributed by atoms with Gasteiger partial charge in [0, 0.05) is 40.9 Å². The summed E-state index contributed by atoms with van der Waals surface area (Å²) in [6, 6.07) is 17.7. The Hall–Kier alpha value is -5.86. The molecule has 0 radical (unpaired) electrons. The van der Waals surface area contributed by atoms with E-state index in [0.29, 0.717) is 22.1 Å². The van der Waals surface area contributed by atoms with Gasteiger partial charge in [0.2, 0.25) is 23.6 Å². The smallest absolute Gasteiger partial charge is 0.271 e. The molecule has 0 spiro atoms. The standard InChI is InChI=1S/C42H36ClN5O8S/c1-5-56-32-15-21(9-13-31(32)49)36-25-11-12-26-35(40(52)46(38(26)50)23-7-6-8-24(17-23)48(54)55)28(25)18-29-39(51)47(41(53)42(29,36)3)34-19-30(44-45(34)4)37-20(2)27-16-22(43)10-14-33(27)57-37/h6-11,13-17,19,26,28-29,35-36,49H,5,12,18H2,1-4H3/t26-,28+,29-,35-,36-,42+/m0/s1. The zero-order valence-corrected chi connectivity index (χ0v) is 32.8. The molecule has 6 atom stereocenters. The third-order valence-corrected chi connectivity index (χ3v) is 13.9. The number of halogens is 1. The number of phenolic OH excluding ortho intramolecular Hbond substituents is 1. The minimum absolute atomic E-state index is 0.0896. The maximum Gasteiger partial charge on any atom is 0.271 e. The molecule has 290 valence electrons. The molecule has 57 heavy (non-hydrogen) atoms. The molecule has 13 nitrogen and oxygen atoms in total. The van der Waals surface area contributed by atoms with Crippen molar-refractivity contribution >= 4 is 73.8 Å². The molecule has 3 aromatic carbocycles. The van der Waals surface area contributed by atoms with E-state index in [1.165, 1.54) is 51.3 Å². The van der Waals surface area contributed by atoms with Gasteiger partial charge in [0.1, 0.15) is 11.5 Å². The first-order valence-electron chi connectivity index (χ1n) is 18.6. The number of phenols is 1. The van der Waals surface area contributed by atoms with Crippen LogP contribution in [0.2, 0.25) is 5.02 Å². The highest BCUT2D eigenvalue weighted by molar-refractivity contribution is 7.22. The van der Waals surface area contributed by atoms with Gasteiger partial charge < -0.3 is 9.84 Å². The van der Waals surface area contributed by atoms with Crippen LogP contribution in [-0.4, -0.2) is 50.0 Å². The van der Waals surface area contributed by atoms with Gasteiger partial charge in [0.15, 0.2) is 11.5 Å². The molecule has 15 heteroatoms. The molecule has 4 aliphatic rings. The van der Waals surface area contributed by atoms with E-state index in [1.54, 1.807) is 39.1 Å². The van der Waals surface area contributed by atoms with E-state index in [-0.39, 0.29) is 42.3 Å². The van der Waals surface area contributed by atoms with E-state index in [2.05, 4.69) is 0 Å². The topological polar surface area (TPSA) is 165 Å². The zero-order valence-electron chi connectivity index (χ0n) is 31.3. The van der Waals surface area contributed by atoms with E-state index in [1.807, 2.05) is 31.2 Å². The van der Waals surface area contributed by atoms with E-state index in [0.717, 1.165) is 31.0 Å². The number of nitro groups is 1. The molecule has 3 fully saturated rings. The largest absolute Gasteiger partial charge is 0.504 e. The van der Waals surface area contributed by atoms with Crippen molar-refractivity contribution in [3.8, 4) is 22.1 Å². The van der Waals surface area contributed by atoms with Crippen LogP contribution < -0.4 is 14.5 Å². The Bertz CT molecular complexity index is 2650. The molecule has 4 amide bonds. The summed E-state index contributed by atoms with van der Waals surface area (Å²) in [6.45, 7) is 5.82. The van der Waals surface area contributed by atoms with Gasteiger partial charge in [-0.1, -0.05) is 35.4 Å². The number of amides is 4. The number of fused-ring (bicyclic) bond motifs is 5. The first kappa shape index (κ1) is 36.8. The molecule has 5 aromatic rings. The number of carbonyl (C=O) groups excluding carboxylic acids is 4. The average molecular weight is 806 g/mol. The molecule has 1 N–H and O–H groups in total. The second-order valence-electron chi connectivity index (χ2n) is 15.3. The van der Waals surface area contributed by atoms with Crippen LogP contribution in [0.3, 0.4) is 0 Å². The Kier molecular flexibility index (Phi) is 8.45. The first-order chi connectivity index (χ1) is 27.2. The number of thiophene rings is 1. The van der Waals surface area contributed by atoms with Gasteiger partial charge >= 0.3 is 0 Å². The maximum absolute atomic E-state index is 15.2. The summed E-state index contributed by atoms with van der Waals surface area (Å²) in [5.41, 5.74) is 1.42. The van der Waals surface area contributed by atoms with Crippen LogP contribution in [0.5, 0.6) is 11.5 Å². The highest BCUT2D eigenvalue weighted by atomic mass is 35.5. The van der Waals surface area contributed by atoms with Crippen molar-refractivity contribution < 1.29 is 33.9 Å². The minimum atomic E-state index is -1.35. The summed E-state index contributed by atoms with van der Waals surface area (Å²) in [4.78, 5) is 72.8. The summed E-state index contributed by atoms with van der Waals surface area (Å²) in [5.74, 6) is -5.37.